The van der Waals surface area contributed by atoms with Crippen molar-refractivity contribution in [2.45, 2.75) is 24.9 Å². The van der Waals surface area contributed by atoms with Crippen molar-refractivity contribution >= 4 is 51.0 Å². The highest BCUT2D eigenvalue weighted by Gasteiger charge is 2.20. The van der Waals surface area contributed by atoms with Gasteiger partial charge in [0, 0.05) is 51.8 Å². The Hall–Kier alpha value is -4.79. The largest absolute Gasteiger partial charge is 0.383 e. The highest BCUT2D eigenvalue weighted by atomic mass is 32.2. The van der Waals surface area contributed by atoms with Crippen LogP contribution in [0.2, 0.25) is 0 Å². The molecular formula is C30H24N6OS. The molecule has 0 bridgehead atoms. The third-order valence-electron chi connectivity index (χ3n) is 6.42. The Morgan fingerprint density at radius 3 is 2.42 bits per heavy atom. The van der Waals surface area contributed by atoms with Gasteiger partial charge in [-0.05, 0) is 36.8 Å². The Bertz CT molecular complexity index is 1760. The first kappa shape index (κ1) is 24.9. The molecule has 0 unspecified atom stereocenters. The van der Waals surface area contributed by atoms with Gasteiger partial charge in [0.2, 0.25) is 5.91 Å². The van der Waals surface area contributed by atoms with Crippen molar-refractivity contribution in [1.82, 2.24) is 9.55 Å². The van der Waals surface area contributed by atoms with Crippen LogP contribution in [-0.4, -0.2) is 21.2 Å². The van der Waals surface area contributed by atoms with Crippen LogP contribution in [0.4, 0.5) is 11.5 Å². The summed E-state index contributed by atoms with van der Waals surface area (Å²) in [5.74, 6) is 0.320. The number of hydrogen-bond acceptors (Lipinski definition) is 6. The SMILES string of the molecule is CCn1c2ccccc2c2cc(NC(=O)CCSc3nc(N)c(C#N)c(-c4ccccc4)c3C#N)ccc21. The number of nitrogens with zero attached hydrogens (tertiary/aromatic N) is 4. The minimum absolute atomic E-state index is 0.0665. The summed E-state index contributed by atoms with van der Waals surface area (Å²) in [6, 6.07) is 27.7. The molecule has 8 heteroatoms. The lowest BCUT2D eigenvalue weighted by Gasteiger charge is -2.13. The molecule has 0 atom stereocenters. The second kappa shape index (κ2) is 10.7. The van der Waals surface area contributed by atoms with Crippen LogP contribution in [0.25, 0.3) is 32.9 Å². The molecule has 0 spiro atoms. The van der Waals surface area contributed by atoms with E-state index < -0.39 is 0 Å². The fourth-order valence-corrected chi connectivity index (χ4v) is 5.67. The Balaban J connectivity index is 1.34. The number of anilines is 2. The average molecular weight is 517 g/mol. The molecule has 5 aromatic rings. The summed E-state index contributed by atoms with van der Waals surface area (Å²) in [5.41, 5.74) is 10.8. The standard InChI is InChI=1S/C30H24N6OS/c1-2-36-25-11-7-6-10-21(25)22-16-20(12-13-26(22)36)34-27(37)14-15-38-30-24(18-32)28(19-8-4-3-5-9-19)23(17-31)29(33)35-30/h3-13,16H,2,14-15H2,1H3,(H2,33,35)(H,34,37). The number of carbonyl (C=O) groups is 1. The van der Waals surface area contributed by atoms with Gasteiger partial charge in [-0.3, -0.25) is 4.79 Å². The lowest BCUT2D eigenvalue weighted by atomic mass is 9.97. The lowest BCUT2D eigenvalue weighted by molar-refractivity contribution is -0.115. The van der Waals surface area contributed by atoms with Gasteiger partial charge in [-0.2, -0.15) is 10.5 Å². The van der Waals surface area contributed by atoms with Crippen molar-refractivity contribution in [3.8, 4) is 23.3 Å². The number of nitrogen functional groups attached to an aromatic ring is 1. The number of rotatable bonds is 7. The molecule has 1 amide bonds. The molecule has 2 aromatic heterocycles. The second-order valence-corrected chi connectivity index (χ2v) is 9.74. The van der Waals surface area contributed by atoms with Crippen LogP contribution in [-0.2, 0) is 11.3 Å². The Morgan fingerprint density at radius 1 is 0.974 bits per heavy atom. The summed E-state index contributed by atoms with van der Waals surface area (Å²) in [4.78, 5) is 17.1. The summed E-state index contributed by atoms with van der Waals surface area (Å²) in [7, 11) is 0. The van der Waals surface area contributed by atoms with Crippen LogP contribution in [0, 0.1) is 22.7 Å². The summed E-state index contributed by atoms with van der Waals surface area (Å²) in [6.07, 6.45) is 0.215. The predicted molar refractivity (Wildman–Crippen MR) is 153 cm³/mol. The molecule has 0 aliphatic rings. The number of amides is 1. The van der Waals surface area contributed by atoms with Crippen molar-refractivity contribution in [3.05, 3.63) is 83.9 Å². The molecule has 0 saturated heterocycles. The maximum atomic E-state index is 12.8. The second-order valence-electron chi connectivity index (χ2n) is 8.66. The van der Waals surface area contributed by atoms with Crippen molar-refractivity contribution in [1.29, 1.82) is 10.5 Å². The van der Waals surface area contributed by atoms with E-state index in [1.807, 2.05) is 60.7 Å². The van der Waals surface area contributed by atoms with Crippen molar-refractivity contribution in [2.24, 2.45) is 0 Å². The molecule has 3 aromatic carbocycles. The van der Waals surface area contributed by atoms with E-state index >= 15 is 0 Å². The van der Waals surface area contributed by atoms with Gasteiger partial charge < -0.3 is 15.6 Å². The van der Waals surface area contributed by atoms with E-state index in [1.165, 1.54) is 17.3 Å². The first-order chi connectivity index (χ1) is 18.5. The van der Waals surface area contributed by atoms with E-state index in [0.29, 0.717) is 21.9 Å². The zero-order valence-electron chi connectivity index (χ0n) is 20.7. The molecule has 7 nitrogen and oxygen atoms in total. The lowest BCUT2D eigenvalue weighted by Crippen LogP contribution is -2.12. The number of aryl methyl sites for hydroxylation is 1. The molecule has 5 rings (SSSR count). The first-order valence-corrected chi connectivity index (χ1v) is 13.2. The topological polar surface area (TPSA) is 121 Å². The first-order valence-electron chi connectivity index (χ1n) is 12.2. The molecule has 0 aliphatic heterocycles. The number of nitriles is 2. The molecule has 0 saturated carbocycles. The third-order valence-corrected chi connectivity index (χ3v) is 7.40. The van der Waals surface area contributed by atoms with E-state index in [2.05, 4.69) is 46.1 Å². The molecule has 2 heterocycles. The third kappa shape index (κ3) is 4.54. The number of benzene rings is 3. The minimum atomic E-state index is -0.139. The number of nitrogens with one attached hydrogen (secondary N) is 1. The Morgan fingerprint density at radius 2 is 1.68 bits per heavy atom. The molecule has 0 fully saturated rings. The van der Waals surface area contributed by atoms with E-state index in [-0.39, 0.29) is 29.3 Å². The number of pyridine rings is 1. The van der Waals surface area contributed by atoms with Gasteiger partial charge in [0.1, 0.15) is 28.5 Å². The van der Waals surface area contributed by atoms with Crippen LogP contribution < -0.4 is 11.1 Å². The summed E-state index contributed by atoms with van der Waals surface area (Å²) in [5, 5.41) is 25.2. The number of thioether (sulfide) groups is 1. The van der Waals surface area contributed by atoms with Crippen molar-refractivity contribution in [2.75, 3.05) is 16.8 Å². The number of hydrogen-bond donors (Lipinski definition) is 2. The van der Waals surface area contributed by atoms with Crippen LogP contribution in [0.3, 0.4) is 0 Å². The van der Waals surface area contributed by atoms with E-state index in [1.54, 1.807) is 0 Å². The summed E-state index contributed by atoms with van der Waals surface area (Å²) in [6.45, 7) is 2.98. The summed E-state index contributed by atoms with van der Waals surface area (Å²) < 4.78 is 2.26. The Labute approximate surface area is 224 Å². The minimum Gasteiger partial charge on any atom is -0.383 e. The smallest absolute Gasteiger partial charge is 0.225 e. The zero-order valence-corrected chi connectivity index (χ0v) is 21.5. The average Bonchev–Trinajstić information content (AvgIpc) is 3.26. The highest BCUT2D eigenvalue weighted by Crippen LogP contribution is 2.36. The van der Waals surface area contributed by atoms with Gasteiger partial charge in [-0.25, -0.2) is 4.98 Å². The number of nitrogens with two attached hydrogens (primary N) is 1. The van der Waals surface area contributed by atoms with Crippen molar-refractivity contribution in [3.63, 3.8) is 0 Å². The highest BCUT2D eigenvalue weighted by molar-refractivity contribution is 7.99. The molecule has 186 valence electrons. The van der Waals surface area contributed by atoms with Crippen molar-refractivity contribution < 1.29 is 4.79 Å². The molecule has 3 N–H and O–H groups in total. The number of carbonyl (C=O) groups excluding carboxylic acids is 1. The van der Waals surface area contributed by atoms with Gasteiger partial charge in [-0.15, -0.1) is 11.8 Å². The van der Waals surface area contributed by atoms with Crippen LogP contribution in [0.1, 0.15) is 24.5 Å². The van der Waals surface area contributed by atoms with E-state index in [4.69, 9.17) is 5.73 Å². The fourth-order valence-electron chi connectivity index (χ4n) is 4.73. The monoisotopic (exact) mass is 516 g/mol. The van der Waals surface area contributed by atoms with Crippen LogP contribution >= 0.6 is 11.8 Å². The van der Waals surface area contributed by atoms with Crippen LogP contribution in [0.15, 0.2) is 77.8 Å². The molecule has 0 radical (unpaired) electrons. The fraction of sp³-hybridized carbons (Fsp3) is 0.133. The van der Waals surface area contributed by atoms with Gasteiger partial charge in [0.05, 0.1) is 5.56 Å². The van der Waals surface area contributed by atoms with Gasteiger partial charge in [0.15, 0.2) is 0 Å². The maximum Gasteiger partial charge on any atom is 0.225 e. The maximum absolute atomic E-state index is 12.8. The van der Waals surface area contributed by atoms with E-state index in [9.17, 15) is 15.3 Å². The predicted octanol–water partition coefficient (Wildman–Crippen LogP) is 6.32. The molecular weight excluding hydrogens is 492 g/mol. The Kier molecular flexibility index (Phi) is 6.99. The van der Waals surface area contributed by atoms with Gasteiger partial charge in [-0.1, -0.05) is 48.5 Å². The number of aromatic nitrogens is 2. The quantitative estimate of drug-likeness (QED) is 0.244. The van der Waals surface area contributed by atoms with Crippen LogP contribution in [0.5, 0.6) is 0 Å². The van der Waals surface area contributed by atoms with E-state index in [0.717, 1.165) is 28.5 Å². The normalized spacial score (nSPS) is 10.8. The summed E-state index contributed by atoms with van der Waals surface area (Å²) >= 11 is 1.28. The number of para-hydroxylation sites is 1. The van der Waals surface area contributed by atoms with Gasteiger partial charge >= 0.3 is 0 Å². The molecule has 0 aliphatic carbocycles. The zero-order chi connectivity index (χ0) is 26.6. The molecule has 38 heavy (non-hydrogen) atoms. The number of fused-ring (bicyclic) bond motifs is 3. The van der Waals surface area contributed by atoms with Gasteiger partial charge in [0.25, 0.3) is 0 Å².